The van der Waals surface area contributed by atoms with Crippen molar-refractivity contribution in [1.82, 2.24) is 0 Å². The number of allylic oxidation sites excluding steroid dienone is 1. The van der Waals surface area contributed by atoms with Crippen molar-refractivity contribution < 1.29 is 5.11 Å². The Morgan fingerprint density at radius 2 is 2.00 bits per heavy atom. The molecule has 11 heavy (non-hydrogen) atoms. The van der Waals surface area contributed by atoms with Crippen molar-refractivity contribution in [2.75, 3.05) is 0 Å². The molecule has 2 unspecified atom stereocenters. The molecule has 0 saturated heterocycles. The van der Waals surface area contributed by atoms with E-state index in [9.17, 15) is 5.11 Å². The van der Waals surface area contributed by atoms with Gasteiger partial charge >= 0.3 is 0 Å². The van der Waals surface area contributed by atoms with Gasteiger partial charge in [-0.25, -0.2) is 0 Å². The topological polar surface area (TPSA) is 20.2 Å². The summed E-state index contributed by atoms with van der Waals surface area (Å²) in [5.41, 5.74) is 1.36. The SMILES string of the molecule is C/C=C(\C)C1CCCCC1O. The molecule has 0 spiro atoms. The van der Waals surface area contributed by atoms with Gasteiger partial charge in [0.15, 0.2) is 0 Å². The Labute approximate surface area is 69.1 Å². The summed E-state index contributed by atoms with van der Waals surface area (Å²) in [4.78, 5) is 0. The molecule has 0 heterocycles. The molecule has 1 aliphatic carbocycles. The average molecular weight is 154 g/mol. The fraction of sp³-hybridized carbons (Fsp3) is 0.800. The highest BCUT2D eigenvalue weighted by Crippen LogP contribution is 2.29. The summed E-state index contributed by atoms with van der Waals surface area (Å²) in [6, 6.07) is 0. The number of hydrogen-bond acceptors (Lipinski definition) is 1. The molecule has 1 rings (SSSR count). The zero-order valence-electron chi connectivity index (χ0n) is 7.51. The van der Waals surface area contributed by atoms with Crippen LogP contribution in [0, 0.1) is 5.92 Å². The fourth-order valence-corrected chi connectivity index (χ4v) is 1.86. The van der Waals surface area contributed by atoms with Gasteiger partial charge in [-0.15, -0.1) is 0 Å². The first-order valence-electron chi connectivity index (χ1n) is 4.56. The Balaban J connectivity index is 2.54. The second-order valence-electron chi connectivity index (χ2n) is 3.49. The van der Waals surface area contributed by atoms with Crippen molar-refractivity contribution in [2.45, 2.75) is 45.6 Å². The lowest BCUT2D eigenvalue weighted by atomic mass is 9.82. The number of aliphatic hydroxyl groups is 1. The van der Waals surface area contributed by atoms with E-state index in [1.807, 2.05) is 0 Å². The molecule has 1 heteroatoms. The molecule has 2 atom stereocenters. The van der Waals surface area contributed by atoms with Gasteiger partial charge in [-0.2, -0.15) is 0 Å². The van der Waals surface area contributed by atoms with Gasteiger partial charge in [0.25, 0.3) is 0 Å². The van der Waals surface area contributed by atoms with E-state index in [0.29, 0.717) is 5.92 Å². The van der Waals surface area contributed by atoms with E-state index >= 15 is 0 Å². The molecular formula is C10H18O. The highest BCUT2D eigenvalue weighted by molar-refractivity contribution is 5.05. The second-order valence-corrected chi connectivity index (χ2v) is 3.49. The van der Waals surface area contributed by atoms with Crippen molar-refractivity contribution in [3.05, 3.63) is 11.6 Å². The monoisotopic (exact) mass is 154 g/mol. The van der Waals surface area contributed by atoms with Crippen molar-refractivity contribution >= 4 is 0 Å². The Kier molecular flexibility index (Phi) is 3.13. The molecule has 0 bridgehead atoms. The molecule has 1 fully saturated rings. The van der Waals surface area contributed by atoms with E-state index in [4.69, 9.17) is 0 Å². The summed E-state index contributed by atoms with van der Waals surface area (Å²) in [6.45, 7) is 4.18. The summed E-state index contributed by atoms with van der Waals surface area (Å²) in [5, 5.41) is 9.63. The van der Waals surface area contributed by atoms with Crippen LogP contribution in [0.2, 0.25) is 0 Å². The van der Waals surface area contributed by atoms with E-state index in [1.54, 1.807) is 0 Å². The zero-order chi connectivity index (χ0) is 8.27. The van der Waals surface area contributed by atoms with Gasteiger partial charge in [0, 0.05) is 5.92 Å². The quantitative estimate of drug-likeness (QED) is 0.575. The minimum absolute atomic E-state index is 0.0695. The molecule has 1 saturated carbocycles. The van der Waals surface area contributed by atoms with Crippen LogP contribution in [0.4, 0.5) is 0 Å². The third-order valence-corrected chi connectivity index (χ3v) is 2.77. The van der Waals surface area contributed by atoms with Gasteiger partial charge in [0.2, 0.25) is 0 Å². The predicted octanol–water partition coefficient (Wildman–Crippen LogP) is 2.50. The van der Waals surface area contributed by atoms with E-state index in [1.165, 1.54) is 24.8 Å². The predicted molar refractivity (Wildman–Crippen MR) is 47.4 cm³/mol. The highest BCUT2D eigenvalue weighted by atomic mass is 16.3. The molecule has 1 aliphatic rings. The van der Waals surface area contributed by atoms with E-state index in [2.05, 4.69) is 19.9 Å². The van der Waals surface area contributed by atoms with E-state index < -0.39 is 0 Å². The van der Waals surface area contributed by atoms with Gasteiger partial charge in [-0.05, 0) is 26.7 Å². The molecule has 64 valence electrons. The van der Waals surface area contributed by atoms with E-state index in [0.717, 1.165) is 6.42 Å². The van der Waals surface area contributed by atoms with Crippen LogP contribution in [-0.2, 0) is 0 Å². The van der Waals surface area contributed by atoms with Gasteiger partial charge in [-0.1, -0.05) is 24.5 Å². The lowest BCUT2D eigenvalue weighted by Gasteiger charge is -2.28. The molecule has 0 aromatic heterocycles. The Morgan fingerprint density at radius 1 is 1.36 bits per heavy atom. The maximum absolute atomic E-state index is 9.63. The summed E-state index contributed by atoms with van der Waals surface area (Å²) in [7, 11) is 0. The molecule has 1 N–H and O–H groups in total. The Hall–Kier alpha value is -0.300. The molecule has 0 radical (unpaired) electrons. The van der Waals surface area contributed by atoms with Crippen LogP contribution in [0.15, 0.2) is 11.6 Å². The summed E-state index contributed by atoms with van der Waals surface area (Å²) >= 11 is 0. The highest BCUT2D eigenvalue weighted by Gasteiger charge is 2.23. The normalized spacial score (nSPS) is 33.9. The second kappa shape index (κ2) is 3.91. The van der Waals surface area contributed by atoms with Crippen LogP contribution in [0.3, 0.4) is 0 Å². The molecular weight excluding hydrogens is 136 g/mol. The summed E-state index contributed by atoms with van der Waals surface area (Å²) in [5.74, 6) is 0.453. The van der Waals surface area contributed by atoms with Gasteiger partial charge in [0.1, 0.15) is 0 Å². The average Bonchev–Trinajstić information content (AvgIpc) is 2.04. The van der Waals surface area contributed by atoms with Crippen LogP contribution >= 0.6 is 0 Å². The third kappa shape index (κ3) is 2.06. The van der Waals surface area contributed by atoms with Crippen molar-refractivity contribution in [1.29, 1.82) is 0 Å². The lowest BCUT2D eigenvalue weighted by molar-refractivity contribution is 0.0873. The zero-order valence-corrected chi connectivity index (χ0v) is 7.51. The van der Waals surface area contributed by atoms with Gasteiger partial charge in [-0.3, -0.25) is 0 Å². The number of hydrogen-bond donors (Lipinski definition) is 1. The fourth-order valence-electron chi connectivity index (χ4n) is 1.86. The number of rotatable bonds is 1. The minimum atomic E-state index is -0.0695. The Morgan fingerprint density at radius 3 is 2.55 bits per heavy atom. The van der Waals surface area contributed by atoms with Crippen LogP contribution in [0.5, 0.6) is 0 Å². The molecule has 1 nitrogen and oxygen atoms in total. The first-order valence-corrected chi connectivity index (χ1v) is 4.56. The van der Waals surface area contributed by atoms with Crippen LogP contribution in [-0.4, -0.2) is 11.2 Å². The maximum Gasteiger partial charge on any atom is 0.0605 e. The van der Waals surface area contributed by atoms with Gasteiger partial charge < -0.3 is 5.11 Å². The smallest absolute Gasteiger partial charge is 0.0605 e. The van der Waals surface area contributed by atoms with Gasteiger partial charge in [0.05, 0.1) is 6.10 Å². The largest absolute Gasteiger partial charge is 0.393 e. The van der Waals surface area contributed by atoms with Crippen LogP contribution < -0.4 is 0 Å². The van der Waals surface area contributed by atoms with E-state index in [-0.39, 0.29) is 6.10 Å². The third-order valence-electron chi connectivity index (χ3n) is 2.77. The first kappa shape index (κ1) is 8.79. The molecule has 0 amide bonds. The summed E-state index contributed by atoms with van der Waals surface area (Å²) in [6.07, 6.45) is 6.72. The lowest BCUT2D eigenvalue weighted by Crippen LogP contribution is -2.25. The van der Waals surface area contributed by atoms with Crippen molar-refractivity contribution in [3.63, 3.8) is 0 Å². The molecule has 0 aliphatic heterocycles. The minimum Gasteiger partial charge on any atom is -0.393 e. The standard InChI is InChI=1S/C10H18O/c1-3-8(2)9-6-4-5-7-10(9)11/h3,9-11H,4-7H2,1-2H3/b8-3+. The van der Waals surface area contributed by atoms with Crippen LogP contribution in [0.25, 0.3) is 0 Å². The maximum atomic E-state index is 9.63. The number of aliphatic hydroxyl groups excluding tert-OH is 1. The van der Waals surface area contributed by atoms with Crippen LogP contribution in [0.1, 0.15) is 39.5 Å². The molecule has 0 aromatic rings. The Bertz CT molecular complexity index is 149. The summed E-state index contributed by atoms with van der Waals surface area (Å²) < 4.78 is 0. The van der Waals surface area contributed by atoms with Crippen molar-refractivity contribution in [3.8, 4) is 0 Å². The first-order chi connectivity index (χ1) is 5.25. The molecule has 0 aromatic carbocycles. The van der Waals surface area contributed by atoms with Crippen molar-refractivity contribution in [2.24, 2.45) is 5.92 Å².